The highest BCUT2D eigenvalue weighted by molar-refractivity contribution is 5.80. The lowest BCUT2D eigenvalue weighted by molar-refractivity contribution is 0.265. The number of methoxy groups -OCH3 is 3. The molecule has 2 atom stereocenters. The predicted octanol–water partition coefficient (Wildman–Crippen LogP) is 2.11. The highest BCUT2D eigenvalue weighted by Crippen LogP contribution is 2.33. The van der Waals surface area contributed by atoms with E-state index in [4.69, 9.17) is 14.2 Å². The number of hydrogen-bond donors (Lipinski definition) is 2. The molecule has 152 valence electrons. The number of nitrogens with one attached hydrogen (secondary N) is 2. The molecule has 1 fully saturated rings. The molecule has 1 aromatic rings. The topological polar surface area (TPSA) is 67.4 Å². The highest BCUT2D eigenvalue weighted by Gasteiger charge is 2.31. The molecule has 0 radical (unpaired) electrons. The summed E-state index contributed by atoms with van der Waals surface area (Å²) in [7, 11) is 6.70. The van der Waals surface area contributed by atoms with Crippen LogP contribution in [0.5, 0.6) is 17.2 Å². The Bertz CT molecular complexity index is 623. The normalized spacial score (nSPS) is 20.7. The summed E-state index contributed by atoms with van der Waals surface area (Å²) in [5.74, 6) is 3.47. The van der Waals surface area contributed by atoms with Crippen LogP contribution in [0.15, 0.2) is 17.1 Å². The van der Waals surface area contributed by atoms with E-state index in [1.807, 2.05) is 12.1 Å². The second-order valence-electron chi connectivity index (χ2n) is 7.21. The molecule has 2 N–H and O–H groups in total. The van der Waals surface area contributed by atoms with Gasteiger partial charge < -0.3 is 24.8 Å². The molecule has 0 aliphatic carbocycles. The molecule has 0 aromatic heterocycles. The summed E-state index contributed by atoms with van der Waals surface area (Å²) in [5, 5.41) is 6.94. The Balaban J connectivity index is 2.06. The maximum absolute atomic E-state index is 5.52. The van der Waals surface area contributed by atoms with Crippen molar-refractivity contribution in [3.63, 3.8) is 0 Å². The Labute approximate surface area is 163 Å². The third kappa shape index (κ3) is 5.19. The van der Waals surface area contributed by atoms with Gasteiger partial charge in [-0.3, -0.25) is 9.89 Å². The monoisotopic (exact) mass is 378 g/mol. The molecular weight excluding hydrogens is 344 g/mol. The quantitative estimate of drug-likeness (QED) is 0.560. The smallest absolute Gasteiger partial charge is 0.191 e. The van der Waals surface area contributed by atoms with Gasteiger partial charge in [-0.25, -0.2) is 0 Å². The van der Waals surface area contributed by atoms with Crippen LogP contribution in [0, 0.1) is 5.92 Å². The largest absolute Gasteiger partial charge is 0.496 e. The first-order chi connectivity index (χ1) is 12.9. The number of aliphatic imine (C=N–C) groups is 1. The number of rotatable bonds is 7. The zero-order valence-corrected chi connectivity index (χ0v) is 17.6. The maximum atomic E-state index is 5.52. The highest BCUT2D eigenvalue weighted by atomic mass is 16.5. The average molecular weight is 379 g/mol. The van der Waals surface area contributed by atoms with Crippen LogP contribution in [-0.4, -0.2) is 64.4 Å². The van der Waals surface area contributed by atoms with Gasteiger partial charge in [0.25, 0.3) is 0 Å². The lowest BCUT2D eigenvalue weighted by Gasteiger charge is -2.22. The molecule has 7 nitrogen and oxygen atoms in total. The van der Waals surface area contributed by atoms with E-state index < -0.39 is 0 Å². The van der Waals surface area contributed by atoms with Crippen molar-refractivity contribution in [1.82, 2.24) is 15.5 Å². The molecule has 1 aromatic carbocycles. The van der Waals surface area contributed by atoms with Gasteiger partial charge in [-0.2, -0.15) is 0 Å². The van der Waals surface area contributed by atoms with Crippen molar-refractivity contribution in [2.24, 2.45) is 10.9 Å². The summed E-state index contributed by atoms with van der Waals surface area (Å²) in [6, 6.07) is 4.64. The first kappa shape index (κ1) is 21.2. The van der Waals surface area contributed by atoms with Crippen molar-refractivity contribution in [1.29, 1.82) is 0 Å². The molecule has 7 heteroatoms. The van der Waals surface area contributed by atoms with Crippen LogP contribution in [0.1, 0.15) is 26.3 Å². The van der Waals surface area contributed by atoms with Crippen LogP contribution in [-0.2, 0) is 6.54 Å². The van der Waals surface area contributed by atoms with E-state index >= 15 is 0 Å². The average Bonchev–Trinajstić information content (AvgIpc) is 3.05. The Morgan fingerprint density at radius 3 is 2.22 bits per heavy atom. The van der Waals surface area contributed by atoms with E-state index in [2.05, 4.69) is 41.3 Å². The van der Waals surface area contributed by atoms with Gasteiger partial charge in [0.1, 0.15) is 17.2 Å². The van der Waals surface area contributed by atoms with Gasteiger partial charge in [0.2, 0.25) is 0 Å². The van der Waals surface area contributed by atoms with Crippen LogP contribution in [0.4, 0.5) is 0 Å². The van der Waals surface area contributed by atoms with Crippen LogP contribution < -0.4 is 24.8 Å². The third-order valence-corrected chi connectivity index (χ3v) is 5.17. The SMILES string of the molecule is CN=C(NCc1c(OC)cc(OC)cc1OC)NC1CN(C(C)C)CC1C. The fourth-order valence-corrected chi connectivity index (χ4v) is 3.41. The van der Waals surface area contributed by atoms with Crippen molar-refractivity contribution < 1.29 is 14.2 Å². The number of hydrogen-bond acceptors (Lipinski definition) is 5. The van der Waals surface area contributed by atoms with E-state index in [0.717, 1.165) is 36.1 Å². The third-order valence-electron chi connectivity index (χ3n) is 5.17. The molecule has 0 saturated carbocycles. The predicted molar refractivity (Wildman–Crippen MR) is 109 cm³/mol. The van der Waals surface area contributed by atoms with Crippen LogP contribution in [0.25, 0.3) is 0 Å². The van der Waals surface area contributed by atoms with E-state index in [9.17, 15) is 0 Å². The number of benzene rings is 1. The Kier molecular flexibility index (Phi) is 7.59. The summed E-state index contributed by atoms with van der Waals surface area (Å²) in [5.41, 5.74) is 0.923. The molecule has 1 aliphatic heterocycles. The van der Waals surface area contributed by atoms with E-state index in [1.54, 1.807) is 28.4 Å². The van der Waals surface area contributed by atoms with Gasteiger partial charge in [-0.1, -0.05) is 6.92 Å². The standard InChI is InChI=1S/C20H34N4O3/c1-13(2)24-11-14(3)17(12-24)23-20(21-4)22-10-16-18(26-6)8-15(25-5)9-19(16)27-7/h8-9,13-14,17H,10-12H2,1-7H3,(H2,21,22,23). The molecule has 0 bridgehead atoms. The van der Waals surface area contributed by atoms with E-state index in [0.29, 0.717) is 30.3 Å². The fraction of sp³-hybridized carbons (Fsp3) is 0.650. The van der Waals surface area contributed by atoms with E-state index in [1.165, 1.54) is 0 Å². The minimum Gasteiger partial charge on any atom is -0.496 e. The van der Waals surface area contributed by atoms with E-state index in [-0.39, 0.29) is 0 Å². The molecule has 1 heterocycles. The first-order valence-electron chi connectivity index (χ1n) is 9.43. The van der Waals surface area contributed by atoms with Crippen molar-refractivity contribution in [3.8, 4) is 17.2 Å². The molecule has 1 saturated heterocycles. The minimum atomic E-state index is 0.373. The van der Waals surface area contributed by atoms with Crippen LogP contribution in [0.2, 0.25) is 0 Å². The summed E-state index contributed by atoms with van der Waals surface area (Å²) < 4.78 is 16.4. The number of ether oxygens (including phenoxy) is 3. The molecule has 27 heavy (non-hydrogen) atoms. The lowest BCUT2D eigenvalue weighted by Crippen LogP contribution is -2.46. The molecule has 0 spiro atoms. The molecule has 2 unspecified atom stereocenters. The van der Waals surface area contributed by atoms with Gasteiger partial charge >= 0.3 is 0 Å². The van der Waals surface area contributed by atoms with Crippen molar-refractivity contribution in [2.75, 3.05) is 41.5 Å². The molecule has 0 amide bonds. The Morgan fingerprint density at radius 1 is 1.15 bits per heavy atom. The van der Waals surface area contributed by atoms with Crippen molar-refractivity contribution >= 4 is 5.96 Å². The summed E-state index contributed by atoms with van der Waals surface area (Å²) in [4.78, 5) is 6.88. The van der Waals surface area contributed by atoms with Gasteiger partial charge in [-0.05, 0) is 19.8 Å². The minimum absolute atomic E-state index is 0.373. The summed E-state index contributed by atoms with van der Waals surface area (Å²) >= 11 is 0. The number of likely N-dealkylation sites (tertiary alicyclic amines) is 1. The van der Waals surface area contributed by atoms with Gasteiger partial charge in [0, 0.05) is 44.4 Å². The Hall–Kier alpha value is -2.15. The Morgan fingerprint density at radius 2 is 1.78 bits per heavy atom. The summed E-state index contributed by atoms with van der Waals surface area (Å²) in [6.07, 6.45) is 0. The van der Waals surface area contributed by atoms with Crippen LogP contribution in [0.3, 0.4) is 0 Å². The maximum Gasteiger partial charge on any atom is 0.191 e. The van der Waals surface area contributed by atoms with Gasteiger partial charge in [-0.15, -0.1) is 0 Å². The second kappa shape index (κ2) is 9.69. The molecular formula is C20H34N4O3. The van der Waals surface area contributed by atoms with Crippen molar-refractivity contribution in [3.05, 3.63) is 17.7 Å². The summed E-state index contributed by atoms with van der Waals surface area (Å²) in [6.45, 7) is 9.42. The van der Waals surface area contributed by atoms with Crippen LogP contribution >= 0.6 is 0 Å². The zero-order valence-electron chi connectivity index (χ0n) is 17.6. The number of guanidine groups is 1. The number of nitrogens with zero attached hydrogens (tertiary/aromatic N) is 2. The van der Waals surface area contributed by atoms with Gasteiger partial charge in [0.05, 0.1) is 33.4 Å². The zero-order chi connectivity index (χ0) is 20.0. The second-order valence-corrected chi connectivity index (χ2v) is 7.21. The fourth-order valence-electron chi connectivity index (χ4n) is 3.41. The van der Waals surface area contributed by atoms with Crippen molar-refractivity contribution in [2.45, 2.75) is 39.4 Å². The van der Waals surface area contributed by atoms with Gasteiger partial charge in [0.15, 0.2) is 5.96 Å². The lowest BCUT2D eigenvalue weighted by atomic mass is 10.1. The molecule has 2 rings (SSSR count). The molecule has 1 aliphatic rings. The first-order valence-corrected chi connectivity index (χ1v) is 9.43.